The monoisotopic (exact) mass is 470 g/mol. The molecule has 0 bridgehead atoms. The first-order chi connectivity index (χ1) is 15.9. The summed E-state index contributed by atoms with van der Waals surface area (Å²) in [5, 5.41) is 11.4. The molecule has 174 valence electrons. The molecule has 2 aliphatic rings. The lowest BCUT2D eigenvalue weighted by atomic mass is 10.00. The molecule has 1 saturated carbocycles. The van der Waals surface area contributed by atoms with Crippen molar-refractivity contribution in [2.45, 2.75) is 25.5 Å². The number of nitrogens with zero attached hydrogens (tertiary/aromatic N) is 5. The number of benzene rings is 1. The average molecular weight is 471 g/mol. The van der Waals surface area contributed by atoms with Gasteiger partial charge in [0.25, 0.3) is 16.0 Å². The van der Waals surface area contributed by atoms with Crippen molar-refractivity contribution in [2.24, 2.45) is 11.8 Å². The smallest absolute Gasteiger partial charge is 0.268 e. The lowest BCUT2D eigenvalue weighted by Crippen LogP contribution is -2.28. The zero-order chi connectivity index (χ0) is 23.0. The molecule has 33 heavy (non-hydrogen) atoms. The molecule has 2 fully saturated rings. The van der Waals surface area contributed by atoms with Gasteiger partial charge in [-0.2, -0.15) is 8.42 Å². The Labute approximate surface area is 192 Å². The van der Waals surface area contributed by atoms with Gasteiger partial charge in [-0.25, -0.2) is 4.98 Å². The van der Waals surface area contributed by atoms with E-state index in [4.69, 9.17) is 13.6 Å². The highest BCUT2D eigenvalue weighted by Gasteiger charge is 2.45. The molecule has 3 heterocycles. The van der Waals surface area contributed by atoms with Gasteiger partial charge < -0.3 is 14.6 Å². The summed E-state index contributed by atoms with van der Waals surface area (Å²) in [6.07, 6.45) is 5.84. The molecule has 1 aromatic carbocycles. The molecule has 0 spiro atoms. The van der Waals surface area contributed by atoms with E-state index in [0.29, 0.717) is 35.8 Å². The third-order valence-electron chi connectivity index (χ3n) is 6.26. The maximum atomic E-state index is 11.6. The van der Waals surface area contributed by atoms with Crippen LogP contribution in [0.2, 0.25) is 0 Å². The number of fused-ring (bicyclic) bond motifs is 1. The maximum absolute atomic E-state index is 11.6. The van der Waals surface area contributed by atoms with E-state index in [1.165, 1.54) is 5.56 Å². The molecule has 1 N–H and O–H groups in total. The van der Waals surface area contributed by atoms with Crippen LogP contribution in [0.15, 0.2) is 41.1 Å². The molecule has 3 aromatic rings. The van der Waals surface area contributed by atoms with Crippen LogP contribution in [-0.2, 0) is 20.8 Å². The maximum Gasteiger partial charge on any atom is 0.268 e. The molecule has 5 rings (SSSR count). The summed E-state index contributed by atoms with van der Waals surface area (Å²) in [6.45, 7) is 2.26. The van der Waals surface area contributed by atoms with Gasteiger partial charge in [0.15, 0.2) is 0 Å². The Hall–Kier alpha value is -2.89. The molecular weight excluding hydrogens is 444 g/mol. The second-order valence-electron chi connectivity index (χ2n) is 8.65. The summed E-state index contributed by atoms with van der Waals surface area (Å²) in [6, 6.07) is 7.93. The highest BCUT2D eigenvalue weighted by molar-refractivity contribution is 7.86. The third kappa shape index (κ3) is 4.75. The fourth-order valence-electron chi connectivity index (χ4n) is 4.77. The largest absolute Gasteiger partial charge is 0.415 e. The van der Waals surface area contributed by atoms with Crippen molar-refractivity contribution < 1.29 is 17.0 Å². The molecule has 3 atom stereocenters. The normalized spacial score (nSPS) is 22.6. The average Bonchev–Trinajstić information content (AvgIpc) is 3.51. The summed E-state index contributed by atoms with van der Waals surface area (Å²) < 4.78 is 34.4. The first-order valence-corrected chi connectivity index (χ1v) is 12.7. The van der Waals surface area contributed by atoms with Crippen LogP contribution >= 0.6 is 0 Å². The molecule has 1 unspecified atom stereocenters. The van der Waals surface area contributed by atoms with Gasteiger partial charge in [0.2, 0.25) is 5.89 Å². The Kier molecular flexibility index (Phi) is 5.85. The molecule has 1 aliphatic carbocycles. The number of hydrogen-bond acceptors (Lipinski definition) is 10. The van der Waals surface area contributed by atoms with Crippen LogP contribution in [0.25, 0.3) is 23.0 Å². The SMILES string of the molecule is CNCc1ccc(-c2nnc(-c3cncc(N4C[C@@H]5CCC(OS(C)(=O)=O)[C@@H]5C4)n3)o2)cc1. The summed E-state index contributed by atoms with van der Waals surface area (Å²) >= 11 is 0. The van der Waals surface area contributed by atoms with Crippen LogP contribution in [0, 0.1) is 11.8 Å². The Morgan fingerprint density at radius 2 is 1.91 bits per heavy atom. The number of aromatic nitrogens is 4. The molecule has 10 nitrogen and oxygen atoms in total. The molecular formula is C22H26N6O4S. The first-order valence-electron chi connectivity index (χ1n) is 10.9. The van der Waals surface area contributed by atoms with Crippen LogP contribution in [-0.4, -0.2) is 61.1 Å². The minimum absolute atomic E-state index is 0.158. The third-order valence-corrected chi connectivity index (χ3v) is 6.86. The van der Waals surface area contributed by atoms with Crippen LogP contribution < -0.4 is 10.2 Å². The Morgan fingerprint density at radius 1 is 1.12 bits per heavy atom. The molecule has 11 heteroatoms. The van der Waals surface area contributed by atoms with Crippen LogP contribution in [0.4, 0.5) is 5.82 Å². The van der Waals surface area contributed by atoms with E-state index in [0.717, 1.165) is 37.8 Å². The topological polar surface area (TPSA) is 123 Å². The standard InChI is InChI=1S/C22H26N6O4S/c1-23-9-14-3-5-15(6-4-14)21-26-27-22(31-21)18-10-24-11-20(25-18)28-12-16-7-8-19(17(16)13-28)32-33(2,29)30/h3-6,10-11,16-17,19,23H,7-9,12-13H2,1-2H3/t16-,17+,19?/m0/s1. The second-order valence-corrected chi connectivity index (χ2v) is 10.2. The molecule has 1 saturated heterocycles. The van der Waals surface area contributed by atoms with E-state index in [1.807, 2.05) is 31.3 Å². The highest BCUT2D eigenvalue weighted by atomic mass is 32.2. The quantitative estimate of drug-likeness (QED) is 0.513. The van der Waals surface area contributed by atoms with Crippen molar-refractivity contribution in [1.29, 1.82) is 0 Å². The van der Waals surface area contributed by atoms with Gasteiger partial charge in [0, 0.05) is 31.1 Å². The molecule has 0 amide bonds. The lowest BCUT2D eigenvalue weighted by molar-refractivity contribution is 0.168. The van der Waals surface area contributed by atoms with Gasteiger partial charge in [-0.3, -0.25) is 9.17 Å². The summed E-state index contributed by atoms with van der Waals surface area (Å²) in [7, 11) is -1.57. The fourth-order valence-corrected chi connectivity index (χ4v) is 5.46. The Balaban J connectivity index is 1.31. The van der Waals surface area contributed by atoms with E-state index >= 15 is 0 Å². The van der Waals surface area contributed by atoms with Gasteiger partial charge in [-0.1, -0.05) is 12.1 Å². The van der Waals surface area contributed by atoms with E-state index in [-0.39, 0.29) is 12.0 Å². The summed E-state index contributed by atoms with van der Waals surface area (Å²) in [5.41, 5.74) is 2.50. The van der Waals surface area contributed by atoms with Crippen molar-refractivity contribution in [3.63, 3.8) is 0 Å². The summed E-state index contributed by atoms with van der Waals surface area (Å²) in [4.78, 5) is 11.1. The minimum atomic E-state index is -3.47. The molecule has 2 aromatic heterocycles. The second kappa shape index (κ2) is 8.81. The van der Waals surface area contributed by atoms with Gasteiger partial charge in [-0.15, -0.1) is 10.2 Å². The highest BCUT2D eigenvalue weighted by Crippen LogP contribution is 2.41. The zero-order valence-electron chi connectivity index (χ0n) is 18.5. The number of anilines is 1. The van der Waals surface area contributed by atoms with Crippen LogP contribution in [0.5, 0.6) is 0 Å². The number of nitrogens with one attached hydrogen (secondary N) is 1. The van der Waals surface area contributed by atoms with E-state index in [2.05, 4.69) is 25.4 Å². The Morgan fingerprint density at radius 3 is 2.67 bits per heavy atom. The van der Waals surface area contributed by atoms with Crippen molar-refractivity contribution in [2.75, 3.05) is 31.3 Å². The number of rotatable bonds is 7. The van der Waals surface area contributed by atoms with Crippen molar-refractivity contribution >= 4 is 15.9 Å². The zero-order valence-corrected chi connectivity index (χ0v) is 19.3. The van der Waals surface area contributed by atoms with Crippen LogP contribution in [0.3, 0.4) is 0 Å². The van der Waals surface area contributed by atoms with Crippen molar-refractivity contribution in [1.82, 2.24) is 25.5 Å². The van der Waals surface area contributed by atoms with Gasteiger partial charge >= 0.3 is 0 Å². The van der Waals surface area contributed by atoms with E-state index in [1.54, 1.807) is 12.4 Å². The fraction of sp³-hybridized carbons (Fsp3) is 0.455. The predicted molar refractivity (Wildman–Crippen MR) is 122 cm³/mol. The predicted octanol–water partition coefficient (Wildman–Crippen LogP) is 2.10. The Bertz CT molecular complexity index is 1230. The van der Waals surface area contributed by atoms with Crippen LogP contribution in [0.1, 0.15) is 18.4 Å². The van der Waals surface area contributed by atoms with Crippen molar-refractivity contribution in [3.8, 4) is 23.0 Å². The molecule has 0 radical (unpaired) electrons. The summed E-state index contributed by atoms with van der Waals surface area (Å²) in [5.74, 6) is 1.96. The van der Waals surface area contributed by atoms with Gasteiger partial charge in [-0.05, 0) is 43.5 Å². The number of hydrogen-bond donors (Lipinski definition) is 1. The lowest BCUT2D eigenvalue weighted by Gasteiger charge is -2.20. The van der Waals surface area contributed by atoms with Crippen molar-refractivity contribution in [3.05, 3.63) is 42.2 Å². The first kappa shape index (κ1) is 21.9. The minimum Gasteiger partial charge on any atom is -0.415 e. The van der Waals surface area contributed by atoms with Gasteiger partial charge in [0.05, 0.1) is 24.8 Å². The molecule has 1 aliphatic heterocycles. The van der Waals surface area contributed by atoms with E-state index in [9.17, 15) is 8.42 Å². The van der Waals surface area contributed by atoms with Gasteiger partial charge in [0.1, 0.15) is 11.5 Å². The van der Waals surface area contributed by atoms with E-state index < -0.39 is 10.1 Å².